The van der Waals surface area contributed by atoms with Crippen LogP contribution in [-0.2, 0) is 16.0 Å². The van der Waals surface area contributed by atoms with Gasteiger partial charge in [0.15, 0.2) is 17.4 Å². The van der Waals surface area contributed by atoms with Gasteiger partial charge in [0.2, 0.25) is 6.41 Å². The summed E-state index contributed by atoms with van der Waals surface area (Å²) in [6, 6.07) is 4.71. The van der Waals surface area contributed by atoms with Crippen LogP contribution in [0.4, 0.5) is 0 Å². The first-order valence-electron chi connectivity index (χ1n) is 9.77. The zero-order valence-electron chi connectivity index (χ0n) is 17.1. The van der Waals surface area contributed by atoms with Crippen LogP contribution >= 0.6 is 12.4 Å². The molecule has 0 aliphatic heterocycles. The molecule has 0 aromatic heterocycles. The number of ketones is 2. The van der Waals surface area contributed by atoms with Crippen molar-refractivity contribution in [1.82, 2.24) is 10.0 Å². The lowest BCUT2D eigenvalue weighted by molar-refractivity contribution is -0.262. The van der Waals surface area contributed by atoms with Crippen LogP contribution < -0.4 is 0 Å². The number of fused-ring (bicyclic) bond motifs is 3. The number of benzene rings is 1. The summed E-state index contributed by atoms with van der Waals surface area (Å²) < 4.78 is 0. The molecule has 31 heavy (non-hydrogen) atoms. The summed E-state index contributed by atoms with van der Waals surface area (Å²) in [5.74, 6) is -8.23. The minimum absolute atomic E-state index is 0. The van der Waals surface area contributed by atoms with Crippen LogP contribution in [0.15, 0.2) is 29.7 Å². The fourth-order valence-electron chi connectivity index (χ4n) is 5.48. The van der Waals surface area contributed by atoms with E-state index in [9.17, 15) is 34.8 Å². The minimum atomic E-state index is -2.65. The second kappa shape index (κ2) is 7.90. The van der Waals surface area contributed by atoms with Gasteiger partial charge < -0.3 is 20.4 Å². The molecule has 168 valence electrons. The lowest BCUT2D eigenvalue weighted by Crippen LogP contribution is -2.61. The van der Waals surface area contributed by atoms with E-state index in [0.29, 0.717) is 24.8 Å². The molecule has 3 aliphatic rings. The van der Waals surface area contributed by atoms with Gasteiger partial charge in [0.1, 0.15) is 17.2 Å². The summed E-state index contributed by atoms with van der Waals surface area (Å²) in [7, 11) is 3.00. The molecular formula is C21H25ClN2O7. The molecule has 0 radical (unpaired) electrons. The lowest BCUT2D eigenvalue weighted by atomic mass is 9.56. The average molecular weight is 453 g/mol. The van der Waals surface area contributed by atoms with Crippen molar-refractivity contribution in [2.45, 2.75) is 25.0 Å². The van der Waals surface area contributed by atoms with E-state index < -0.39 is 46.8 Å². The number of carbonyl (C=O) groups is 3. The third kappa shape index (κ3) is 3.32. The fraction of sp³-hybridized carbons (Fsp3) is 0.476. The molecule has 1 aromatic rings. The topological polar surface area (TPSA) is 139 Å². The number of carbonyl (C=O) groups excluding carboxylic acids is 3. The predicted molar refractivity (Wildman–Crippen MR) is 110 cm³/mol. The van der Waals surface area contributed by atoms with E-state index in [4.69, 9.17) is 0 Å². The van der Waals surface area contributed by atoms with Crippen molar-refractivity contribution in [2.75, 3.05) is 14.1 Å². The normalized spacial score (nSPS) is 28.9. The monoisotopic (exact) mass is 452 g/mol. The maximum absolute atomic E-state index is 13.2. The van der Waals surface area contributed by atoms with Gasteiger partial charge in [-0.3, -0.25) is 14.4 Å². The number of phenols is 1. The highest BCUT2D eigenvalue weighted by Crippen LogP contribution is 2.54. The molecule has 4 N–H and O–H groups in total. The Morgan fingerprint density at radius 3 is 2.32 bits per heavy atom. The van der Waals surface area contributed by atoms with Crippen LogP contribution in [0.5, 0.6) is 5.75 Å². The van der Waals surface area contributed by atoms with Crippen LogP contribution in [0.3, 0.4) is 0 Å². The maximum Gasteiger partial charge on any atom is 0.228 e. The summed E-state index contributed by atoms with van der Waals surface area (Å²) in [4.78, 5) is 37.4. The van der Waals surface area contributed by atoms with Crippen molar-refractivity contribution in [3.63, 3.8) is 0 Å². The molecule has 0 saturated heterocycles. The number of allylic oxidation sites excluding steroid dienone is 1. The third-order valence-electron chi connectivity index (χ3n) is 6.61. The first-order chi connectivity index (χ1) is 14.1. The van der Waals surface area contributed by atoms with Gasteiger partial charge in [-0.05, 0) is 36.3 Å². The highest BCUT2D eigenvalue weighted by molar-refractivity contribution is 6.04. The number of halogens is 1. The van der Waals surface area contributed by atoms with Gasteiger partial charge in [-0.15, -0.1) is 12.4 Å². The first-order valence-corrected chi connectivity index (χ1v) is 9.77. The first kappa shape index (κ1) is 23.2. The summed E-state index contributed by atoms with van der Waals surface area (Å²) in [5, 5.41) is 45.6. The predicted octanol–water partition coefficient (Wildman–Crippen LogP) is 0.780. The molecule has 1 amide bonds. The quantitative estimate of drug-likeness (QED) is 0.300. The Labute approximate surface area is 185 Å². The van der Waals surface area contributed by atoms with Gasteiger partial charge in [0.25, 0.3) is 0 Å². The van der Waals surface area contributed by atoms with E-state index >= 15 is 0 Å². The highest BCUT2D eigenvalue weighted by Gasteiger charge is 2.62. The van der Waals surface area contributed by atoms with Gasteiger partial charge in [-0.25, -0.2) is 10.0 Å². The van der Waals surface area contributed by atoms with Gasteiger partial charge >= 0.3 is 0 Å². The van der Waals surface area contributed by atoms with Crippen molar-refractivity contribution in [2.24, 2.45) is 23.7 Å². The molecule has 0 spiro atoms. The number of hydrogen-bond donors (Lipinski definition) is 4. The molecule has 10 heteroatoms. The molecule has 9 nitrogen and oxygen atoms in total. The standard InChI is InChI=1S/C21H24N2O7.ClH/c1-22(2)23(9-24)18-14(26)8-12-7-11-6-10-4-3-5-13(25)15(10)19(27)16(11)21(29,30)17(12)20(18)28;/h3-5,9,11-12,16-17,25,28-30H,6-8H2,1-2H3;1H. The van der Waals surface area contributed by atoms with E-state index in [0.717, 1.165) is 5.01 Å². The van der Waals surface area contributed by atoms with Crippen molar-refractivity contribution < 1.29 is 34.8 Å². The Hall–Kier alpha value is -2.46. The zero-order valence-corrected chi connectivity index (χ0v) is 17.9. The van der Waals surface area contributed by atoms with Crippen LogP contribution in [0.1, 0.15) is 28.8 Å². The van der Waals surface area contributed by atoms with Gasteiger partial charge in [0, 0.05) is 20.5 Å². The second-order valence-electron chi connectivity index (χ2n) is 8.53. The van der Waals surface area contributed by atoms with Crippen molar-refractivity contribution >= 4 is 30.4 Å². The van der Waals surface area contributed by atoms with Gasteiger partial charge in [-0.1, -0.05) is 12.1 Å². The summed E-state index contributed by atoms with van der Waals surface area (Å²) in [6.07, 6.45) is 0.933. The Bertz CT molecular complexity index is 974. The Morgan fingerprint density at radius 1 is 1.06 bits per heavy atom. The van der Waals surface area contributed by atoms with Crippen molar-refractivity contribution in [1.29, 1.82) is 0 Å². The number of aromatic hydroxyl groups is 1. The molecule has 0 heterocycles. The SMILES string of the molecule is CN(C)N(C=O)C1=C(O)C2C(CC1=O)CC1Cc3cccc(O)c3C(=O)C1C2(O)O.Cl. The lowest BCUT2D eigenvalue weighted by Gasteiger charge is -2.52. The smallest absolute Gasteiger partial charge is 0.228 e. The Morgan fingerprint density at radius 2 is 1.71 bits per heavy atom. The third-order valence-corrected chi connectivity index (χ3v) is 6.61. The fourth-order valence-corrected chi connectivity index (χ4v) is 5.48. The van der Waals surface area contributed by atoms with Crippen LogP contribution in [0.2, 0.25) is 0 Å². The zero-order chi connectivity index (χ0) is 22.0. The number of amides is 1. The molecule has 1 fully saturated rings. The van der Waals surface area contributed by atoms with Crippen LogP contribution in [0, 0.1) is 23.7 Å². The van der Waals surface area contributed by atoms with Gasteiger partial charge in [0.05, 0.1) is 17.4 Å². The molecule has 4 unspecified atom stereocenters. The minimum Gasteiger partial charge on any atom is -0.509 e. The molecule has 0 bridgehead atoms. The summed E-state index contributed by atoms with van der Waals surface area (Å²) in [6.45, 7) is 0. The molecule has 1 aromatic carbocycles. The number of nitrogens with zero attached hydrogens (tertiary/aromatic N) is 2. The number of aliphatic hydroxyl groups excluding tert-OH is 1. The Balaban J connectivity index is 0.00000272. The van der Waals surface area contributed by atoms with E-state index in [1.54, 1.807) is 12.1 Å². The van der Waals surface area contributed by atoms with E-state index in [2.05, 4.69) is 0 Å². The summed E-state index contributed by atoms with van der Waals surface area (Å²) >= 11 is 0. The van der Waals surface area contributed by atoms with E-state index in [1.165, 1.54) is 25.2 Å². The van der Waals surface area contributed by atoms with Crippen LogP contribution in [-0.4, -0.2) is 68.3 Å². The van der Waals surface area contributed by atoms with Gasteiger partial charge in [-0.2, -0.15) is 0 Å². The van der Waals surface area contributed by atoms with Crippen molar-refractivity contribution in [3.8, 4) is 5.75 Å². The average Bonchev–Trinajstić information content (AvgIpc) is 2.63. The van der Waals surface area contributed by atoms with E-state index in [1.807, 2.05) is 0 Å². The van der Waals surface area contributed by atoms with Crippen molar-refractivity contribution in [3.05, 3.63) is 40.8 Å². The number of hydrogen-bond acceptors (Lipinski definition) is 8. The number of hydrazine groups is 1. The number of phenolic OH excluding ortho intramolecular Hbond substituents is 1. The second-order valence-corrected chi connectivity index (χ2v) is 8.53. The van der Waals surface area contributed by atoms with E-state index in [-0.39, 0.29) is 35.8 Å². The number of rotatable bonds is 3. The molecule has 3 aliphatic carbocycles. The molecule has 4 rings (SSSR count). The summed E-state index contributed by atoms with van der Waals surface area (Å²) in [5.41, 5.74) is 0.356. The Kier molecular flexibility index (Phi) is 5.92. The molecule has 4 atom stereocenters. The van der Waals surface area contributed by atoms with Crippen LogP contribution in [0.25, 0.3) is 0 Å². The largest absolute Gasteiger partial charge is 0.509 e. The molecule has 1 saturated carbocycles. The molecular weight excluding hydrogens is 428 g/mol. The number of Topliss-reactive ketones (excluding diaryl/α,β-unsaturated/α-hetero) is 2. The highest BCUT2D eigenvalue weighted by atomic mass is 35.5. The number of aliphatic hydroxyl groups is 3. The maximum atomic E-state index is 13.2.